The second-order valence-corrected chi connectivity index (χ2v) is 5.85. The lowest BCUT2D eigenvalue weighted by Gasteiger charge is -2.25. The average molecular weight is 243 g/mol. The molecule has 1 aromatic rings. The van der Waals surface area contributed by atoms with Crippen molar-refractivity contribution in [2.75, 3.05) is 6.54 Å². The van der Waals surface area contributed by atoms with Crippen LogP contribution in [-0.2, 0) is 11.2 Å². The molecule has 0 heterocycles. The van der Waals surface area contributed by atoms with Gasteiger partial charge in [0.2, 0.25) is 5.91 Å². The first kappa shape index (κ1) is 11.8. The molecular weight excluding hydrogens is 222 g/mol. The number of benzene rings is 1. The molecule has 1 fully saturated rings. The molecule has 3 rings (SSSR count). The fourth-order valence-electron chi connectivity index (χ4n) is 3.11. The molecule has 0 saturated heterocycles. The van der Waals surface area contributed by atoms with E-state index in [0.717, 1.165) is 13.0 Å². The van der Waals surface area contributed by atoms with Gasteiger partial charge in [0, 0.05) is 18.4 Å². The van der Waals surface area contributed by atoms with Gasteiger partial charge in [0.25, 0.3) is 0 Å². The first-order chi connectivity index (χ1) is 8.75. The highest BCUT2D eigenvalue weighted by Crippen LogP contribution is 2.38. The van der Waals surface area contributed by atoms with E-state index >= 15 is 0 Å². The topological polar surface area (TPSA) is 29.1 Å². The molecule has 0 spiro atoms. The molecule has 1 saturated carbocycles. The van der Waals surface area contributed by atoms with E-state index in [-0.39, 0.29) is 5.91 Å². The van der Waals surface area contributed by atoms with Crippen molar-refractivity contribution in [3.63, 3.8) is 0 Å². The minimum absolute atomic E-state index is 0.269. The molecule has 3 unspecified atom stereocenters. The van der Waals surface area contributed by atoms with E-state index in [4.69, 9.17) is 0 Å². The van der Waals surface area contributed by atoms with Gasteiger partial charge in [-0.3, -0.25) is 4.79 Å². The van der Waals surface area contributed by atoms with Crippen LogP contribution in [-0.4, -0.2) is 12.5 Å². The maximum atomic E-state index is 11.9. The molecule has 0 aromatic heterocycles. The van der Waals surface area contributed by atoms with Crippen LogP contribution >= 0.6 is 0 Å². The van der Waals surface area contributed by atoms with Gasteiger partial charge in [-0.15, -0.1) is 0 Å². The smallest absolute Gasteiger partial charge is 0.223 e. The molecule has 96 valence electrons. The molecule has 3 atom stereocenters. The van der Waals surface area contributed by atoms with Gasteiger partial charge in [-0.25, -0.2) is 0 Å². The highest BCUT2D eigenvalue weighted by Gasteiger charge is 2.39. The van der Waals surface area contributed by atoms with Crippen LogP contribution in [0.15, 0.2) is 24.3 Å². The molecule has 0 bridgehead atoms. The lowest BCUT2D eigenvalue weighted by Crippen LogP contribution is -2.31. The minimum atomic E-state index is 0.269. The SMILES string of the molecule is CC1CC1C(=O)NCC1CCCc2ccccc21. The summed E-state index contributed by atoms with van der Waals surface area (Å²) >= 11 is 0. The van der Waals surface area contributed by atoms with Crippen LogP contribution in [0.2, 0.25) is 0 Å². The van der Waals surface area contributed by atoms with Crippen LogP contribution in [0.1, 0.15) is 43.2 Å². The summed E-state index contributed by atoms with van der Waals surface area (Å²) in [6, 6.07) is 8.69. The Bertz CT molecular complexity index is 454. The number of aryl methyl sites for hydroxylation is 1. The van der Waals surface area contributed by atoms with Crippen molar-refractivity contribution in [1.29, 1.82) is 0 Å². The predicted molar refractivity (Wildman–Crippen MR) is 72.4 cm³/mol. The molecule has 2 heteroatoms. The monoisotopic (exact) mass is 243 g/mol. The largest absolute Gasteiger partial charge is 0.355 e. The maximum Gasteiger partial charge on any atom is 0.223 e. The van der Waals surface area contributed by atoms with Crippen LogP contribution < -0.4 is 5.32 Å². The molecule has 2 aliphatic rings. The van der Waals surface area contributed by atoms with Crippen molar-refractivity contribution in [3.05, 3.63) is 35.4 Å². The Labute approximate surface area is 109 Å². The zero-order valence-electron chi connectivity index (χ0n) is 11.0. The van der Waals surface area contributed by atoms with Crippen LogP contribution in [0.3, 0.4) is 0 Å². The number of carbonyl (C=O) groups is 1. The number of hydrogen-bond donors (Lipinski definition) is 1. The molecule has 0 aliphatic heterocycles. The molecular formula is C16H21NO. The lowest BCUT2D eigenvalue weighted by atomic mass is 9.83. The summed E-state index contributed by atoms with van der Waals surface area (Å²) in [7, 11) is 0. The van der Waals surface area contributed by atoms with Gasteiger partial charge in [0.1, 0.15) is 0 Å². The standard InChI is InChI=1S/C16H21NO/c1-11-9-15(11)16(18)17-10-13-7-4-6-12-5-2-3-8-14(12)13/h2-3,5,8,11,13,15H,4,6-7,9-10H2,1H3,(H,17,18). The van der Waals surface area contributed by atoms with E-state index in [1.54, 1.807) is 0 Å². The van der Waals surface area contributed by atoms with Gasteiger partial charge < -0.3 is 5.32 Å². The van der Waals surface area contributed by atoms with Gasteiger partial charge in [-0.1, -0.05) is 31.2 Å². The van der Waals surface area contributed by atoms with E-state index < -0.39 is 0 Å². The van der Waals surface area contributed by atoms with Crippen LogP contribution in [0.4, 0.5) is 0 Å². The van der Waals surface area contributed by atoms with Crippen molar-refractivity contribution < 1.29 is 4.79 Å². The normalized spacial score (nSPS) is 29.5. The number of carbonyl (C=O) groups excluding carboxylic acids is 1. The quantitative estimate of drug-likeness (QED) is 0.869. The van der Waals surface area contributed by atoms with Crippen molar-refractivity contribution in [2.24, 2.45) is 11.8 Å². The van der Waals surface area contributed by atoms with Gasteiger partial charge in [-0.2, -0.15) is 0 Å². The Morgan fingerprint density at radius 3 is 2.94 bits per heavy atom. The van der Waals surface area contributed by atoms with Gasteiger partial charge in [-0.05, 0) is 42.7 Å². The first-order valence-electron chi connectivity index (χ1n) is 7.11. The minimum Gasteiger partial charge on any atom is -0.355 e. The Kier molecular flexibility index (Phi) is 3.11. The van der Waals surface area contributed by atoms with Crippen molar-refractivity contribution in [3.8, 4) is 0 Å². The van der Waals surface area contributed by atoms with Gasteiger partial charge in [0.15, 0.2) is 0 Å². The van der Waals surface area contributed by atoms with E-state index in [1.165, 1.54) is 30.4 Å². The summed E-state index contributed by atoms with van der Waals surface area (Å²) in [5, 5.41) is 3.15. The Morgan fingerprint density at radius 2 is 2.17 bits per heavy atom. The lowest BCUT2D eigenvalue weighted by molar-refractivity contribution is -0.122. The number of rotatable bonds is 3. The van der Waals surface area contributed by atoms with Crippen molar-refractivity contribution in [2.45, 2.75) is 38.5 Å². The predicted octanol–water partition coefficient (Wildman–Crippen LogP) is 2.88. The van der Waals surface area contributed by atoms with Crippen LogP contribution in [0.25, 0.3) is 0 Å². The second kappa shape index (κ2) is 4.75. The maximum absolute atomic E-state index is 11.9. The summed E-state index contributed by atoms with van der Waals surface area (Å²) < 4.78 is 0. The van der Waals surface area contributed by atoms with Crippen LogP contribution in [0.5, 0.6) is 0 Å². The highest BCUT2D eigenvalue weighted by atomic mass is 16.2. The molecule has 1 amide bonds. The van der Waals surface area contributed by atoms with Crippen molar-refractivity contribution in [1.82, 2.24) is 5.32 Å². The summed E-state index contributed by atoms with van der Waals surface area (Å²) in [5.41, 5.74) is 2.93. The third-order valence-corrected chi connectivity index (χ3v) is 4.46. The summed E-state index contributed by atoms with van der Waals surface area (Å²) in [6.07, 6.45) is 4.72. The number of nitrogens with one attached hydrogen (secondary N) is 1. The number of fused-ring (bicyclic) bond motifs is 1. The summed E-state index contributed by atoms with van der Waals surface area (Å²) in [4.78, 5) is 11.9. The average Bonchev–Trinajstić information content (AvgIpc) is 3.13. The third kappa shape index (κ3) is 2.29. The Balaban J connectivity index is 1.62. The molecule has 0 radical (unpaired) electrons. The highest BCUT2D eigenvalue weighted by molar-refractivity contribution is 5.81. The van der Waals surface area contributed by atoms with Crippen molar-refractivity contribution >= 4 is 5.91 Å². The summed E-state index contributed by atoms with van der Waals surface area (Å²) in [6.45, 7) is 2.97. The van der Waals surface area contributed by atoms with E-state index in [2.05, 4.69) is 36.5 Å². The van der Waals surface area contributed by atoms with E-state index in [1.807, 2.05) is 0 Å². The van der Waals surface area contributed by atoms with E-state index in [9.17, 15) is 4.79 Å². The molecule has 18 heavy (non-hydrogen) atoms. The fraction of sp³-hybridized carbons (Fsp3) is 0.562. The molecule has 1 aromatic carbocycles. The summed E-state index contributed by atoms with van der Waals surface area (Å²) in [5.74, 6) is 1.69. The Hall–Kier alpha value is -1.31. The van der Waals surface area contributed by atoms with Crippen LogP contribution in [0, 0.1) is 11.8 Å². The molecule has 2 aliphatic carbocycles. The first-order valence-corrected chi connectivity index (χ1v) is 7.11. The third-order valence-electron chi connectivity index (χ3n) is 4.46. The molecule has 1 N–H and O–H groups in total. The Morgan fingerprint density at radius 1 is 1.39 bits per heavy atom. The zero-order valence-corrected chi connectivity index (χ0v) is 11.0. The zero-order chi connectivity index (χ0) is 12.5. The fourth-order valence-corrected chi connectivity index (χ4v) is 3.11. The van der Waals surface area contributed by atoms with E-state index in [0.29, 0.717) is 17.8 Å². The molecule has 2 nitrogen and oxygen atoms in total. The number of amides is 1. The number of hydrogen-bond acceptors (Lipinski definition) is 1. The van der Waals surface area contributed by atoms with Gasteiger partial charge in [0.05, 0.1) is 0 Å². The van der Waals surface area contributed by atoms with Gasteiger partial charge >= 0.3 is 0 Å². The second-order valence-electron chi connectivity index (χ2n) is 5.85.